The van der Waals surface area contributed by atoms with E-state index in [1.54, 1.807) is 30.3 Å². The van der Waals surface area contributed by atoms with Gasteiger partial charge in [-0.2, -0.15) is 0 Å². The van der Waals surface area contributed by atoms with E-state index in [2.05, 4.69) is 0 Å². The molecule has 0 amide bonds. The molecule has 80 valence electrons. The fourth-order valence-corrected chi connectivity index (χ4v) is 1.45. The molecule has 0 bridgehead atoms. The van der Waals surface area contributed by atoms with E-state index in [-0.39, 0.29) is 5.57 Å². The van der Waals surface area contributed by atoms with Crippen LogP contribution >= 0.6 is 0 Å². The molecule has 1 aliphatic rings. The molecule has 2 rings (SSSR count). The second kappa shape index (κ2) is 3.66. The van der Waals surface area contributed by atoms with E-state index >= 15 is 0 Å². The molecule has 0 aliphatic heterocycles. The summed E-state index contributed by atoms with van der Waals surface area (Å²) in [4.78, 5) is 22.8. The Morgan fingerprint density at radius 2 is 1.50 bits per heavy atom. The Balaban J connectivity index is 2.50. The fourth-order valence-electron chi connectivity index (χ4n) is 1.45. The van der Waals surface area contributed by atoms with Crippen LogP contribution in [0.5, 0.6) is 0 Å². The smallest absolute Gasteiger partial charge is 0.232 e. The summed E-state index contributed by atoms with van der Waals surface area (Å²) in [6.45, 7) is 0. The first-order valence-corrected chi connectivity index (χ1v) is 4.59. The molecule has 0 aromatic heterocycles. The van der Waals surface area contributed by atoms with Crippen molar-refractivity contribution in [2.75, 3.05) is 0 Å². The van der Waals surface area contributed by atoms with Gasteiger partial charge in [0.25, 0.3) is 0 Å². The minimum Gasteiger partial charge on any atom is -0.501 e. The average molecular weight is 216 g/mol. The van der Waals surface area contributed by atoms with E-state index in [0.717, 1.165) is 6.08 Å². The second-order valence-electron chi connectivity index (χ2n) is 3.31. The second-order valence-corrected chi connectivity index (χ2v) is 3.31. The Morgan fingerprint density at radius 1 is 0.875 bits per heavy atom. The van der Waals surface area contributed by atoms with E-state index in [9.17, 15) is 14.7 Å². The molecule has 0 saturated carbocycles. The van der Waals surface area contributed by atoms with Crippen molar-refractivity contribution in [3.63, 3.8) is 0 Å². The van der Waals surface area contributed by atoms with Crippen molar-refractivity contribution in [1.82, 2.24) is 0 Å². The number of allylic oxidation sites excluding steroid dienone is 2. The van der Waals surface area contributed by atoms with E-state index in [1.165, 1.54) is 0 Å². The first-order chi connectivity index (χ1) is 7.61. The van der Waals surface area contributed by atoms with E-state index in [4.69, 9.17) is 5.11 Å². The lowest BCUT2D eigenvalue weighted by Crippen LogP contribution is -2.18. The molecule has 1 aromatic carbocycles. The summed E-state index contributed by atoms with van der Waals surface area (Å²) < 4.78 is 0. The van der Waals surface area contributed by atoms with Gasteiger partial charge in [0.1, 0.15) is 0 Å². The zero-order valence-corrected chi connectivity index (χ0v) is 8.18. The van der Waals surface area contributed by atoms with Gasteiger partial charge in [-0.25, -0.2) is 0 Å². The molecule has 0 atom stereocenters. The third-order valence-electron chi connectivity index (χ3n) is 2.28. The number of aliphatic hydroxyl groups is 2. The van der Waals surface area contributed by atoms with Crippen LogP contribution in [0.1, 0.15) is 5.56 Å². The Kier molecular flexibility index (Phi) is 2.32. The number of rotatable bonds is 1. The van der Waals surface area contributed by atoms with Gasteiger partial charge in [0.15, 0.2) is 0 Å². The zero-order valence-electron chi connectivity index (χ0n) is 8.18. The molecular formula is C12H8O4. The molecule has 16 heavy (non-hydrogen) atoms. The Hall–Kier alpha value is -2.36. The molecule has 4 nitrogen and oxygen atoms in total. The molecular weight excluding hydrogens is 208 g/mol. The number of carbonyl (C=O) groups excluding carboxylic acids is 2. The normalized spacial score (nSPS) is 16.4. The number of Topliss-reactive ketones (excluding diaryl/α,β-unsaturated/α-hetero) is 1. The van der Waals surface area contributed by atoms with Crippen LogP contribution in [0.3, 0.4) is 0 Å². The summed E-state index contributed by atoms with van der Waals surface area (Å²) >= 11 is 0. The lowest BCUT2D eigenvalue weighted by molar-refractivity contribution is -0.118. The molecule has 0 spiro atoms. The van der Waals surface area contributed by atoms with E-state index < -0.39 is 23.1 Å². The van der Waals surface area contributed by atoms with E-state index in [1.807, 2.05) is 0 Å². The molecule has 4 heteroatoms. The standard InChI is InChI=1S/C12H8O4/c13-9-6-8(7-4-2-1-3-5-7)10(14)12(16)11(9)15/h1-6,15-16H. The maximum atomic E-state index is 11.6. The van der Waals surface area contributed by atoms with Gasteiger partial charge in [-0.15, -0.1) is 0 Å². The largest absolute Gasteiger partial charge is 0.501 e. The maximum Gasteiger partial charge on any atom is 0.232 e. The van der Waals surface area contributed by atoms with Gasteiger partial charge < -0.3 is 10.2 Å². The summed E-state index contributed by atoms with van der Waals surface area (Å²) in [6, 6.07) is 8.48. The first-order valence-electron chi connectivity index (χ1n) is 4.59. The van der Waals surface area contributed by atoms with Gasteiger partial charge in [0.05, 0.1) is 0 Å². The van der Waals surface area contributed by atoms with Gasteiger partial charge in [-0.1, -0.05) is 30.3 Å². The topological polar surface area (TPSA) is 74.6 Å². The number of hydrogen-bond acceptors (Lipinski definition) is 4. The maximum absolute atomic E-state index is 11.6. The highest BCUT2D eigenvalue weighted by Crippen LogP contribution is 2.23. The minimum atomic E-state index is -0.898. The van der Waals surface area contributed by atoms with Crippen LogP contribution < -0.4 is 0 Å². The van der Waals surface area contributed by atoms with Crippen LogP contribution in [0.2, 0.25) is 0 Å². The molecule has 0 heterocycles. The van der Waals surface area contributed by atoms with Gasteiger partial charge in [-0.05, 0) is 5.56 Å². The highest BCUT2D eigenvalue weighted by Gasteiger charge is 2.28. The minimum absolute atomic E-state index is 0.0842. The zero-order chi connectivity index (χ0) is 11.7. The highest BCUT2D eigenvalue weighted by molar-refractivity contribution is 6.36. The molecule has 0 radical (unpaired) electrons. The number of benzene rings is 1. The van der Waals surface area contributed by atoms with Crippen LogP contribution in [-0.2, 0) is 9.59 Å². The molecule has 2 N–H and O–H groups in total. The fraction of sp³-hybridized carbons (Fsp3) is 0. The summed E-state index contributed by atoms with van der Waals surface area (Å²) in [5.41, 5.74) is 0.612. The van der Waals surface area contributed by atoms with Crippen LogP contribution in [0.25, 0.3) is 5.57 Å². The van der Waals surface area contributed by atoms with Gasteiger partial charge >= 0.3 is 0 Å². The summed E-state index contributed by atoms with van der Waals surface area (Å²) in [5, 5.41) is 18.4. The Bertz CT molecular complexity index is 523. The van der Waals surface area contributed by atoms with Crippen molar-refractivity contribution in [2.24, 2.45) is 0 Å². The van der Waals surface area contributed by atoms with Crippen molar-refractivity contribution in [3.05, 3.63) is 53.5 Å². The average Bonchev–Trinajstić information content (AvgIpc) is 2.32. The van der Waals surface area contributed by atoms with Gasteiger partial charge in [-0.3, -0.25) is 9.59 Å². The van der Waals surface area contributed by atoms with Gasteiger partial charge in [0.2, 0.25) is 23.1 Å². The number of aliphatic hydroxyl groups excluding tert-OH is 2. The van der Waals surface area contributed by atoms with Crippen molar-refractivity contribution in [2.45, 2.75) is 0 Å². The highest BCUT2D eigenvalue weighted by atomic mass is 16.3. The molecule has 0 fully saturated rings. The van der Waals surface area contributed by atoms with Crippen LogP contribution in [-0.4, -0.2) is 21.8 Å². The molecule has 0 saturated heterocycles. The monoisotopic (exact) mass is 216 g/mol. The van der Waals surface area contributed by atoms with E-state index in [0.29, 0.717) is 5.56 Å². The quantitative estimate of drug-likeness (QED) is 0.698. The third kappa shape index (κ3) is 1.50. The summed E-state index contributed by atoms with van der Waals surface area (Å²) in [6.07, 6.45) is 1.02. The predicted molar refractivity (Wildman–Crippen MR) is 56.7 cm³/mol. The summed E-state index contributed by atoms with van der Waals surface area (Å²) in [5.74, 6) is -3.31. The summed E-state index contributed by atoms with van der Waals surface area (Å²) in [7, 11) is 0. The van der Waals surface area contributed by atoms with Crippen molar-refractivity contribution < 1.29 is 19.8 Å². The molecule has 1 aromatic rings. The SMILES string of the molecule is O=C1C=C(c2ccccc2)C(=O)C(O)=C1O. The third-order valence-corrected chi connectivity index (χ3v) is 2.28. The van der Waals surface area contributed by atoms with Crippen molar-refractivity contribution in [1.29, 1.82) is 0 Å². The van der Waals surface area contributed by atoms with Crippen LogP contribution in [0.4, 0.5) is 0 Å². The van der Waals surface area contributed by atoms with Gasteiger partial charge in [0, 0.05) is 11.6 Å². The Labute approximate surface area is 91.1 Å². The van der Waals surface area contributed by atoms with Crippen molar-refractivity contribution >= 4 is 17.1 Å². The van der Waals surface area contributed by atoms with Crippen LogP contribution in [0, 0.1) is 0 Å². The predicted octanol–water partition coefficient (Wildman–Crippen LogP) is 1.55. The molecule has 0 unspecified atom stereocenters. The Morgan fingerprint density at radius 3 is 2.12 bits per heavy atom. The number of carbonyl (C=O) groups is 2. The first kappa shape index (κ1) is 10.2. The molecule has 1 aliphatic carbocycles. The number of hydrogen-bond donors (Lipinski definition) is 2. The lowest BCUT2D eigenvalue weighted by Gasteiger charge is -2.11. The van der Waals surface area contributed by atoms with Crippen LogP contribution in [0.15, 0.2) is 47.9 Å². The van der Waals surface area contributed by atoms with Crippen molar-refractivity contribution in [3.8, 4) is 0 Å². The lowest BCUT2D eigenvalue weighted by atomic mass is 9.94. The number of ketones is 2.